The van der Waals surface area contributed by atoms with E-state index in [-0.39, 0.29) is 12.6 Å². The maximum Gasteiger partial charge on any atom is 0.410 e. The van der Waals surface area contributed by atoms with Crippen molar-refractivity contribution in [3.8, 4) is 0 Å². The number of amides is 1. The van der Waals surface area contributed by atoms with Gasteiger partial charge >= 0.3 is 12.1 Å². The molecule has 0 spiro atoms. The molecule has 0 aromatic heterocycles. The Morgan fingerprint density at radius 3 is 2.45 bits per heavy atom. The van der Waals surface area contributed by atoms with Crippen LogP contribution in [-0.4, -0.2) is 36.1 Å². The van der Waals surface area contributed by atoms with Crippen LogP contribution in [0.3, 0.4) is 0 Å². The van der Waals surface area contributed by atoms with Gasteiger partial charge in [0.25, 0.3) is 0 Å². The van der Waals surface area contributed by atoms with E-state index in [1.807, 2.05) is 36.3 Å². The third-order valence-electron chi connectivity index (χ3n) is 4.86. The molecule has 0 radical (unpaired) electrons. The number of hydrogen-bond donors (Lipinski definition) is 0. The summed E-state index contributed by atoms with van der Waals surface area (Å²) in [5, 5.41) is 0. The molecule has 2 aromatic carbocycles. The first kappa shape index (κ1) is 20.4. The normalized spacial score (nSPS) is 16.1. The van der Waals surface area contributed by atoms with Gasteiger partial charge in [-0.1, -0.05) is 42.5 Å². The number of likely N-dealkylation sites (tertiary alicyclic amines) is 1. The summed E-state index contributed by atoms with van der Waals surface area (Å²) in [6.07, 6.45) is 0.433. The van der Waals surface area contributed by atoms with Crippen LogP contribution in [0.2, 0.25) is 0 Å². The summed E-state index contributed by atoms with van der Waals surface area (Å²) in [5.41, 5.74) is 2.80. The van der Waals surface area contributed by atoms with E-state index in [2.05, 4.69) is 0 Å². The van der Waals surface area contributed by atoms with Crippen molar-refractivity contribution in [2.45, 2.75) is 32.4 Å². The summed E-state index contributed by atoms with van der Waals surface area (Å²) in [4.78, 5) is 37.4. The Bertz CT molecular complexity index is 901. The fourth-order valence-electron chi connectivity index (χ4n) is 3.32. The maximum atomic E-state index is 12.7. The largest absolute Gasteiger partial charge is 0.462 e. The Balaban J connectivity index is 1.75. The van der Waals surface area contributed by atoms with Crippen LogP contribution in [0.15, 0.2) is 60.2 Å². The summed E-state index contributed by atoms with van der Waals surface area (Å²) in [7, 11) is 0. The van der Waals surface area contributed by atoms with Gasteiger partial charge in [-0.3, -0.25) is 0 Å². The molecule has 2 aromatic rings. The quantitative estimate of drug-likeness (QED) is 0.565. The number of benzene rings is 2. The second kappa shape index (κ2) is 9.71. The highest BCUT2D eigenvalue weighted by Gasteiger charge is 2.31. The van der Waals surface area contributed by atoms with E-state index in [4.69, 9.17) is 9.47 Å². The van der Waals surface area contributed by atoms with Gasteiger partial charge in [-0.25, -0.2) is 14.4 Å². The first-order valence-electron chi connectivity index (χ1n) is 9.59. The van der Waals surface area contributed by atoms with Crippen molar-refractivity contribution in [1.29, 1.82) is 0 Å². The summed E-state index contributed by atoms with van der Waals surface area (Å²) in [6, 6.07) is 16.0. The van der Waals surface area contributed by atoms with E-state index < -0.39 is 12.1 Å². The Kier molecular flexibility index (Phi) is 6.82. The van der Waals surface area contributed by atoms with Crippen LogP contribution in [-0.2, 0) is 20.9 Å². The first-order chi connectivity index (χ1) is 14.1. The van der Waals surface area contributed by atoms with E-state index in [0.717, 1.165) is 11.1 Å². The molecule has 3 rings (SSSR count). The van der Waals surface area contributed by atoms with E-state index in [1.165, 1.54) is 0 Å². The second-order valence-electron chi connectivity index (χ2n) is 6.75. The molecule has 1 atom stereocenters. The van der Waals surface area contributed by atoms with Gasteiger partial charge < -0.3 is 14.4 Å². The molecule has 29 heavy (non-hydrogen) atoms. The molecular formula is C23H23NO5. The number of esters is 1. The summed E-state index contributed by atoms with van der Waals surface area (Å²) >= 11 is 0. The lowest BCUT2D eigenvalue weighted by molar-refractivity contribution is 0.0525. The molecular weight excluding hydrogens is 370 g/mol. The molecule has 0 unspecified atom stereocenters. The number of carbonyl (C=O) groups is 2. The molecule has 0 N–H and O–H groups in total. The van der Waals surface area contributed by atoms with E-state index >= 15 is 0 Å². The molecule has 0 aliphatic carbocycles. The Morgan fingerprint density at radius 1 is 1.07 bits per heavy atom. The number of piperidine rings is 1. The SMILES string of the molecule is CCOC(=O)c1ccc([C@@H]2CC(=C=O)CCN2C(=O)OCc2ccccc2)cc1. The van der Waals surface area contributed by atoms with Crippen molar-refractivity contribution >= 4 is 18.0 Å². The minimum Gasteiger partial charge on any atom is -0.462 e. The van der Waals surface area contributed by atoms with Crippen LogP contribution in [0.1, 0.15) is 47.3 Å². The lowest BCUT2D eigenvalue weighted by Gasteiger charge is -2.35. The van der Waals surface area contributed by atoms with Crippen molar-refractivity contribution in [3.05, 3.63) is 76.9 Å². The average molecular weight is 393 g/mol. The van der Waals surface area contributed by atoms with Crippen LogP contribution in [0, 0.1) is 0 Å². The zero-order valence-corrected chi connectivity index (χ0v) is 16.3. The molecule has 1 saturated heterocycles. The lowest BCUT2D eigenvalue weighted by atomic mass is 9.92. The van der Waals surface area contributed by atoms with Gasteiger partial charge in [-0.15, -0.1) is 0 Å². The van der Waals surface area contributed by atoms with Gasteiger partial charge in [0.15, 0.2) is 0 Å². The van der Waals surface area contributed by atoms with Crippen LogP contribution in [0.25, 0.3) is 0 Å². The Labute approximate surface area is 169 Å². The van der Waals surface area contributed by atoms with E-state index in [0.29, 0.717) is 37.1 Å². The van der Waals surface area contributed by atoms with Gasteiger partial charge in [0.05, 0.1) is 18.2 Å². The van der Waals surface area contributed by atoms with Crippen LogP contribution < -0.4 is 0 Å². The van der Waals surface area contributed by atoms with Crippen molar-refractivity contribution in [3.63, 3.8) is 0 Å². The van der Waals surface area contributed by atoms with E-state index in [9.17, 15) is 14.4 Å². The predicted octanol–water partition coefficient (Wildman–Crippen LogP) is 4.10. The van der Waals surface area contributed by atoms with Gasteiger partial charge in [0.2, 0.25) is 0 Å². The molecule has 6 nitrogen and oxygen atoms in total. The van der Waals surface area contributed by atoms with Gasteiger partial charge in [-0.05, 0) is 36.6 Å². The number of carbonyl (C=O) groups excluding carboxylic acids is 3. The fourth-order valence-corrected chi connectivity index (χ4v) is 3.32. The molecule has 1 amide bonds. The molecule has 150 valence electrons. The molecule has 1 heterocycles. The van der Waals surface area contributed by atoms with Gasteiger partial charge in [-0.2, -0.15) is 0 Å². The molecule has 0 bridgehead atoms. The predicted molar refractivity (Wildman–Crippen MR) is 107 cm³/mol. The lowest BCUT2D eigenvalue weighted by Crippen LogP contribution is -2.39. The van der Waals surface area contributed by atoms with Crippen molar-refractivity contribution in [2.75, 3.05) is 13.2 Å². The smallest absolute Gasteiger partial charge is 0.410 e. The zero-order valence-electron chi connectivity index (χ0n) is 16.3. The minimum absolute atomic E-state index is 0.182. The first-order valence-corrected chi connectivity index (χ1v) is 9.59. The highest BCUT2D eigenvalue weighted by molar-refractivity contribution is 5.89. The van der Waals surface area contributed by atoms with Crippen molar-refractivity contribution in [1.82, 2.24) is 4.90 Å². The number of nitrogens with zero attached hydrogens (tertiary/aromatic N) is 1. The number of ether oxygens (including phenoxy) is 2. The average Bonchev–Trinajstić information content (AvgIpc) is 2.78. The Hall–Kier alpha value is -3.37. The van der Waals surface area contributed by atoms with Gasteiger partial charge in [0.1, 0.15) is 12.5 Å². The van der Waals surface area contributed by atoms with Crippen molar-refractivity contribution in [2.24, 2.45) is 0 Å². The highest BCUT2D eigenvalue weighted by atomic mass is 16.6. The standard InChI is InChI=1S/C23H23NO5/c1-2-28-22(26)20-10-8-19(9-11-20)21-14-18(15-25)12-13-24(21)23(27)29-16-17-6-4-3-5-7-17/h3-11,21H,2,12-14,16H2,1H3/t21-/m0/s1. The van der Waals surface area contributed by atoms with Crippen LogP contribution >= 0.6 is 0 Å². The van der Waals surface area contributed by atoms with Crippen LogP contribution in [0.5, 0.6) is 0 Å². The molecule has 1 aliphatic rings. The molecule has 6 heteroatoms. The molecule has 0 saturated carbocycles. The summed E-state index contributed by atoms with van der Waals surface area (Å²) in [5.74, 6) is 1.59. The van der Waals surface area contributed by atoms with Crippen molar-refractivity contribution < 1.29 is 23.9 Å². The third-order valence-corrected chi connectivity index (χ3v) is 4.86. The summed E-state index contributed by atoms with van der Waals surface area (Å²) in [6.45, 7) is 2.61. The van der Waals surface area contributed by atoms with Crippen LogP contribution in [0.4, 0.5) is 4.79 Å². The topological polar surface area (TPSA) is 72.9 Å². The summed E-state index contributed by atoms with van der Waals surface area (Å²) < 4.78 is 10.5. The minimum atomic E-state index is -0.432. The third kappa shape index (κ3) is 5.12. The second-order valence-corrected chi connectivity index (χ2v) is 6.75. The zero-order chi connectivity index (χ0) is 20.6. The number of hydrogen-bond acceptors (Lipinski definition) is 5. The monoisotopic (exact) mass is 393 g/mol. The maximum absolute atomic E-state index is 12.7. The number of rotatable bonds is 5. The Morgan fingerprint density at radius 2 is 1.79 bits per heavy atom. The van der Waals surface area contributed by atoms with Gasteiger partial charge in [0, 0.05) is 18.5 Å². The fraction of sp³-hybridized carbons (Fsp3) is 0.304. The molecule has 1 fully saturated rings. The molecule has 1 aliphatic heterocycles. The highest BCUT2D eigenvalue weighted by Crippen LogP contribution is 2.33. The van der Waals surface area contributed by atoms with E-state index in [1.54, 1.807) is 36.1 Å².